The average Bonchev–Trinajstić information content (AvgIpc) is 2.71. The lowest BCUT2D eigenvalue weighted by Gasteiger charge is -2.13. The van der Waals surface area contributed by atoms with E-state index in [1.54, 1.807) is 72.8 Å². The number of aromatic hydroxyl groups is 2. The fraction of sp³-hybridized carbons (Fsp3) is 0. The molecule has 6 heteroatoms. The van der Waals surface area contributed by atoms with Gasteiger partial charge in [0.2, 0.25) is 0 Å². The third-order valence-electron chi connectivity index (χ3n) is 4.41. The Morgan fingerprint density at radius 1 is 0.500 bits per heavy atom. The van der Waals surface area contributed by atoms with Crippen LogP contribution in [0.25, 0.3) is 11.1 Å². The molecule has 0 radical (unpaired) electrons. The maximum atomic E-state index is 10.4. The normalized spacial score (nSPS) is 10.5. The van der Waals surface area contributed by atoms with Crippen molar-refractivity contribution in [3.05, 3.63) is 84.9 Å². The van der Waals surface area contributed by atoms with Gasteiger partial charge < -0.3 is 31.2 Å². The molecule has 0 aliphatic rings. The van der Waals surface area contributed by atoms with E-state index < -0.39 is 0 Å². The molecule has 4 rings (SSSR count). The van der Waals surface area contributed by atoms with Gasteiger partial charge in [0, 0.05) is 34.6 Å². The first-order chi connectivity index (χ1) is 14.5. The van der Waals surface area contributed by atoms with Crippen molar-refractivity contribution >= 4 is 11.4 Å². The summed E-state index contributed by atoms with van der Waals surface area (Å²) >= 11 is 0. The molecule has 0 aliphatic carbocycles. The average molecular weight is 400 g/mol. The minimum Gasteiger partial charge on any atom is -0.507 e. The first-order valence-electron chi connectivity index (χ1n) is 9.21. The van der Waals surface area contributed by atoms with Gasteiger partial charge in [-0.2, -0.15) is 0 Å². The highest BCUT2D eigenvalue weighted by Gasteiger charge is 2.13. The molecule has 6 nitrogen and oxygen atoms in total. The van der Waals surface area contributed by atoms with Crippen LogP contribution in [0.5, 0.6) is 34.5 Å². The molecule has 0 fully saturated rings. The van der Waals surface area contributed by atoms with Crippen LogP contribution < -0.4 is 20.9 Å². The second kappa shape index (κ2) is 7.97. The fourth-order valence-corrected chi connectivity index (χ4v) is 3.02. The maximum absolute atomic E-state index is 10.4. The van der Waals surface area contributed by atoms with Gasteiger partial charge in [-0.15, -0.1) is 0 Å². The minimum atomic E-state index is -0.00803. The third-order valence-corrected chi connectivity index (χ3v) is 4.41. The molecule has 0 aromatic heterocycles. The van der Waals surface area contributed by atoms with Crippen molar-refractivity contribution in [3.8, 4) is 45.6 Å². The lowest BCUT2D eigenvalue weighted by atomic mass is 10.0. The quantitative estimate of drug-likeness (QED) is 0.329. The van der Waals surface area contributed by atoms with Crippen LogP contribution in [-0.4, -0.2) is 10.2 Å². The van der Waals surface area contributed by atoms with Crippen LogP contribution in [0.3, 0.4) is 0 Å². The van der Waals surface area contributed by atoms with Gasteiger partial charge >= 0.3 is 0 Å². The van der Waals surface area contributed by atoms with Crippen LogP contribution in [0, 0.1) is 0 Å². The van der Waals surface area contributed by atoms with Gasteiger partial charge in [0.15, 0.2) is 0 Å². The zero-order valence-corrected chi connectivity index (χ0v) is 15.9. The molecule has 150 valence electrons. The summed E-state index contributed by atoms with van der Waals surface area (Å²) < 4.78 is 11.7. The first-order valence-corrected chi connectivity index (χ1v) is 9.21. The Hall–Kier alpha value is -4.32. The molecule has 6 N–H and O–H groups in total. The molecule has 0 bridgehead atoms. The van der Waals surface area contributed by atoms with Gasteiger partial charge in [0.05, 0.1) is 0 Å². The highest BCUT2D eigenvalue weighted by atomic mass is 16.5. The largest absolute Gasteiger partial charge is 0.507 e. The summed E-state index contributed by atoms with van der Waals surface area (Å²) in [7, 11) is 0. The topological polar surface area (TPSA) is 111 Å². The predicted octanol–water partition coefficient (Wildman–Crippen LogP) is 5.51. The van der Waals surface area contributed by atoms with E-state index in [-0.39, 0.29) is 11.5 Å². The molecule has 0 unspecified atom stereocenters. The number of hydrogen-bond donors (Lipinski definition) is 4. The maximum Gasteiger partial charge on any atom is 0.129 e. The Bertz CT molecular complexity index is 1110. The predicted molar refractivity (Wildman–Crippen MR) is 117 cm³/mol. The van der Waals surface area contributed by atoms with E-state index in [9.17, 15) is 10.2 Å². The van der Waals surface area contributed by atoms with Crippen LogP contribution >= 0.6 is 0 Å². The van der Waals surface area contributed by atoms with Crippen molar-refractivity contribution in [3.63, 3.8) is 0 Å². The second-order valence-corrected chi connectivity index (χ2v) is 6.71. The Morgan fingerprint density at radius 3 is 1.30 bits per heavy atom. The van der Waals surface area contributed by atoms with Gasteiger partial charge in [-0.25, -0.2) is 0 Å². The van der Waals surface area contributed by atoms with Crippen LogP contribution in [0.2, 0.25) is 0 Å². The lowest BCUT2D eigenvalue weighted by Crippen LogP contribution is -1.90. The second-order valence-electron chi connectivity index (χ2n) is 6.71. The summed E-state index contributed by atoms with van der Waals surface area (Å²) in [4.78, 5) is 0. The van der Waals surface area contributed by atoms with Crippen molar-refractivity contribution in [1.82, 2.24) is 0 Å². The fourth-order valence-electron chi connectivity index (χ4n) is 3.02. The molecule has 4 aromatic carbocycles. The van der Waals surface area contributed by atoms with E-state index in [1.165, 1.54) is 12.1 Å². The van der Waals surface area contributed by atoms with E-state index in [1.807, 2.05) is 0 Å². The molecule has 0 spiro atoms. The summed E-state index contributed by atoms with van der Waals surface area (Å²) in [5.41, 5.74) is 13.5. The summed E-state index contributed by atoms with van der Waals surface area (Å²) in [6, 6.07) is 23.6. The van der Waals surface area contributed by atoms with Gasteiger partial charge in [-0.1, -0.05) is 12.1 Å². The van der Waals surface area contributed by atoms with Crippen LogP contribution in [0.1, 0.15) is 0 Å². The highest BCUT2D eigenvalue weighted by molar-refractivity contribution is 5.77. The van der Waals surface area contributed by atoms with Gasteiger partial charge in [0.25, 0.3) is 0 Å². The van der Waals surface area contributed by atoms with Crippen LogP contribution in [0.15, 0.2) is 84.9 Å². The van der Waals surface area contributed by atoms with E-state index in [0.29, 0.717) is 45.5 Å². The van der Waals surface area contributed by atoms with Gasteiger partial charge in [-0.05, 0) is 60.7 Å². The molecule has 30 heavy (non-hydrogen) atoms. The van der Waals surface area contributed by atoms with Crippen molar-refractivity contribution in [2.75, 3.05) is 11.5 Å². The smallest absolute Gasteiger partial charge is 0.129 e. The third kappa shape index (κ3) is 4.23. The van der Waals surface area contributed by atoms with E-state index in [2.05, 4.69) is 0 Å². The number of phenols is 2. The van der Waals surface area contributed by atoms with Crippen molar-refractivity contribution < 1.29 is 19.7 Å². The zero-order valence-electron chi connectivity index (χ0n) is 15.9. The van der Waals surface area contributed by atoms with Crippen molar-refractivity contribution in [2.24, 2.45) is 0 Å². The molecule has 0 amide bonds. The van der Waals surface area contributed by atoms with E-state index in [4.69, 9.17) is 20.9 Å². The number of anilines is 2. The number of nitrogens with two attached hydrogens (primary N) is 2. The van der Waals surface area contributed by atoms with E-state index >= 15 is 0 Å². The number of ether oxygens (including phenoxy) is 2. The number of phenolic OH excluding ortho intramolecular Hbond substituents is 2. The summed E-state index contributed by atoms with van der Waals surface area (Å²) in [5, 5.41) is 20.8. The summed E-state index contributed by atoms with van der Waals surface area (Å²) in [6.45, 7) is 0. The molecule has 0 saturated carbocycles. The SMILES string of the molecule is Nc1cccc(Oc2ccc(O)c(-c3cc(Oc4cccc(N)c4)ccc3O)c2)c1. The molecular formula is C24H20N2O4. The number of hydrogen-bond acceptors (Lipinski definition) is 6. The Kier molecular flexibility index (Phi) is 5.05. The molecule has 4 aromatic rings. The highest BCUT2D eigenvalue weighted by Crippen LogP contribution is 2.41. The first kappa shape index (κ1) is 19.0. The van der Waals surface area contributed by atoms with Crippen molar-refractivity contribution in [2.45, 2.75) is 0 Å². The zero-order chi connectivity index (χ0) is 21.1. The number of benzene rings is 4. The molecule has 0 saturated heterocycles. The van der Waals surface area contributed by atoms with Crippen molar-refractivity contribution in [1.29, 1.82) is 0 Å². The Labute approximate surface area is 173 Å². The summed E-state index contributed by atoms with van der Waals surface area (Å²) in [5.74, 6) is 2.08. The Balaban J connectivity index is 1.67. The lowest BCUT2D eigenvalue weighted by molar-refractivity contribution is 0.459. The monoisotopic (exact) mass is 400 g/mol. The number of rotatable bonds is 5. The molecule has 0 aliphatic heterocycles. The van der Waals surface area contributed by atoms with Gasteiger partial charge in [-0.3, -0.25) is 0 Å². The molecule has 0 heterocycles. The summed E-state index contributed by atoms with van der Waals surface area (Å²) in [6.07, 6.45) is 0. The Morgan fingerprint density at radius 2 is 0.900 bits per heavy atom. The van der Waals surface area contributed by atoms with Crippen LogP contribution in [-0.2, 0) is 0 Å². The minimum absolute atomic E-state index is 0.00803. The standard InChI is InChI=1S/C24H20N2O4/c25-15-3-1-5-17(11-15)29-19-7-9-23(27)21(13-19)22-14-20(8-10-24(22)28)30-18-6-2-4-16(26)12-18/h1-14,27-28H,25-26H2. The van der Waals surface area contributed by atoms with E-state index in [0.717, 1.165) is 0 Å². The number of nitrogen functional groups attached to an aromatic ring is 2. The van der Waals surface area contributed by atoms with Crippen LogP contribution in [0.4, 0.5) is 11.4 Å². The molecular weight excluding hydrogens is 380 g/mol. The van der Waals surface area contributed by atoms with Gasteiger partial charge in [0.1, 0.15) is 34.5 Å². The molecule has 0 atom stereocenters.